The van der Waals surface area contributed by atoms with E-state index in [-0.39, 0.29) is 5.91 Å². The third-order valence-electron chi connectivity index (χ3n) is 3.88. The van der Waals surface area contributed by atoms with Gasteiger partial charge in [0.2, 0.25) is 0 Å². The van der Waals surface area contributed by atoms with Gasteiger partial charge in [0.1, 0.15) is 0 Å². The Morgan fingerprint density at radius 3 is 2.50 bits per heavy atom. The van der Waals surface area contributed by atoms with Gasteiger partial charge in [0.15, 0.2) is 0 Å². The van der Waals surface area contributed by atoms with E-state index in [2.05, 4.69) is 10.3 Å². The van der Waals surface area contributed by atoms with Crippen molar-refractivity contribution in [2.45, 2.75) is 0 Å². The summed E-state index contributed by atoms with van der Waals surface area (Å²) in [6.45, 7) is 0. The number of rotatable bonds is 5. The molecule has 0 aliphatic heterocycles. The molecule has 3 aromatic rings. The number of carbonyl (C=O) groups excluding carboxylic acids is 2. The van der Waals surface area contributed by atoms with Crippen LogP contribution in [0, 0.1) is 0 Å². The van der Waals surface area contributed by atoms with Gasteiger partial charge in [0.05, 0.1) is 10.7 Å². The van der Waals surface area contributed by atoms with Crippen LogP contribution in [0.3, 0.4) is 0 Å². The van der Waals surface area contributed by atoms with Crippen molar-refractivity contribution in [2.24, 2.45) is 0 Å². The molecule has 0 saturated heterocycles. The van der Waals surface area contributed by atoms with Crippen molar-refractivity contribution < 1.29 is 14.8 Å². The largest absolute Gasteiger partial charge is 0.322 e. The molecule has 0 saturated carbocycles. The van der Waals surface area contributed by atoms with Crippen LogP contribution in [0.25, 0.3) is 17.3 Å². The van der Waals surface area contributed by atoms with Crippen LogP contribution in [0.1, 0.15) is 15.9 Å². The van der Waals surface area contributed by atoms with Gasteiger partial charge >= 0.3 is 0 Å². The monoisotopic (exact) mass is 393 g/mol. The van der Waals surface area contributed by atoms with Crippen molar-refractivity contribution in [3.05, 3.63) is 89.1 Å². The Bertz CT molecular complexity index is 1020. The number of benzene rings is 2. The smallest absolute Gasteiger partial charge is 0.267 e. The Morgan fingerprint density at radius 2 is 1.82 bits per heavy atom. The van der Waals surface area contributed by atoms with Crippen LogP contribution in [0.4, 0.5) is 5.69 Å². The van der Waals surface area contributed by atoms with Crippen LogP contribution >= 0.6 is 11.6 Å². The average molecular weight is 394 g/mol. The van der Waals surface area contributed by atoms with E-state index in [1.807, 2.05) is 18.2 Å². The maximum Gasteiger partial charge on any atom is 0.267 e. The van der Waals surface area contributed by atoms with Crippen LogP contribution in [-0.4, -0.2) is 22.0 Å². The Labute approximate surface area is 166 Å². The molecule has 2 amide bonds. The molecule has 0 aliphatic carbocycles. The highest BCUT2D eigenvalue weighted by Crippen LogP contribution is 2.29. The van der Waals surface area contributed by atoms with Gasteiger partial charge in [0.25, 0.3) is 11.8 Å². The summed E-state index contributed by atoms with van der Waals surface area (Å²) in [6, 6.07) is 17.4. The van der Waals surface area contributed by atoms with Crippen molar-refractivity contribution in [3.8, 4) is 11.3 Å². The highest BCUT2D eigenvalue weighted by Gasteiger charge is 2.10. The lowest BCUT2D eigenvalue weighted by Gasteiger charge is -2.09. The van der Waals surface area contributed by atoms with Crippen LogP contribution in [0.2, 0.25) is 5.02 Å². The molecule has 28 heavy (non-hydrogen) atoms. The fraction of sp³-hybridized carbons (Fsp3) is 0. The molecular formula is C21H16ClN3O3. The summed E-state index contributed by atoms with van der Waals surface area (Å²) in [5.74, 6) is -0.911. The molecular weight excluding hydrogens is 378 g/mol. The molecule has 6 nitrogen and oxygen atoms in total. The van der Waals surface area contributed by atoms with Gasteiger partial charge in [-0.25, -0.2) is 5.48 Å². The minimum absolute atomic E-state index is 0.280. The number of halogens is 1. The quantitative estimate of drug-likeness (QED) is 0.344. The molecule has 0 unspecified atom stereocenters. The minimum atomic E-state index is -0.631. The molecule has 140 valence electrons. The molecule has 0 fully saturated rings. The third-order valence-corrected chi connectivity index (χ3v) is 4.20. The van der Waals surface area contributed by atoms with Crippen LogP contribution in [-0.2, 0) is 4.79 Å². The molecule has 2 aromatic carbocycles. The van der Waals surface area contributed by atoms with Gasteiger partial charge in [-0.2, -0.15) is 0 Å². The van der Waals surface area contributed by atoms with Crippen molar-refractivity contribution in [3.63, 3.8) is 0 Å². The summed E-state index contributed by atoms with van der Waals surface area (Å²) in [4.78, 5) is 27.8. The second-order valence-corrected chi connectivity index (χ2v) is 6.20. The molecule has 7 heteroatoms. The summed E-state index contributed by atoms with van der Waals surface area (Å²) < 4.78 is 0. The van der Waals surface area contributed by atoms with Gasteiger partial charge in [-0.15, -0.1) is 0 Å². The number of amides is 2. The van der Waals surface area contributed by atoms with E-state index < -0.39 is 5.91 Å². The first-order valence-electron chi connectivity index (χ1n) is 8.31. The van der Waals surface area contributed by atoms with Crippen LogP contribution < -0.4 is 10.8 Å². The van der Waals surface area contributed by atoms with E-state index >= 15 is 0 Å². The number of aromatic nitrogens is 1. The maximum atomic E-state index is 12.5. The fourth-order valence-electron chi connectivity index (χ4n) is 2.48. The van der Waals surface area contributed by atoms with E-state index in [1.165, 1.54) is 17.6 Å². The normalized spacial score (nSPS) is 10.6. The van der Waals surface area contributed by atoms with E-state index in [1.54, 1.807) is 48.7 Å². The van der Waals surface area contributed by atoms with Gasteiger partial charge in [-0.3, -0.25) is 19.8 Å². The first kappa shape index (κ1) is 19.3. The first-order valence-corrected chi connectivity index (χ1v) is 8.69. The predicted octanol–water partition coefficient (Wildman–Crippen LogP) is 4.17. The maximum absolute atomic E-state index is 12.5. The van der Waals surface area contributed by atoms with Crippen molar-refractivity contribution >= 4 is 35.2 Å². The molecule has 0 atom stereocenters. The molecule has 1 heterocycles. The van der Waals surface area contributed by atoms with E-state index in [0.29, 0.717) is 27.5 Å². The lowest BCUT2D eigenvalue weighted by molar-refractivity contribution is -0.124. The second-order valence-electron chi connectivity index (χ2n) is 5.80. The number of hydrogen-bond donors (Lipinski definition) is 3. The SMILES string of the molecule is O=C(C=Cc1ccc(C(=O)Nc2ccc(Cl)c(-c3ccccn3)c2)cc1)NO. The number of anilines is 1. The van der Waals surface area contributed by atoms with E-state index in [9.17, 15) is 9.59 Å². The molecule has 3 rings (SSSR count). The molecule has 0 radical (unpaired) electrons. The Kier molecular flexibility index (Phi) is 6.16. The number of hydrogen-bond acceptors (Lipinski definition) is 4. The zero-order chi connectivity index (χ0) is 19.9. The number of hydroxylamine groups is 1. The van der Waals surface area contributed by atoms with Crippen molar-refractivity contribution in [1.29, 1.82) is 0 Å². The number of pyridine rings is 1. The number of nitrogens with one attached hydrogen (secondary N) is 2. The van der Waals surface area contributed by atoms with Gasteiger partial charge in [-0.1, -0.05) is 29.8 Å². The van der Waals surface area contributed by atoms with Crippen LogP contribution in [0.15, 0.2) is 72.9 Å². The number of carbonyl (C=O) groups is 2. The van der Waals surface area contributed by atoms with Crippen LogP contribution in [0.5, 0.6) is 0 Å². The molecule has 0 aliphatic rings. The van der Waals surface area contributed by atoms with Gasteiger partial charge < -0.3 is 5.32 Å². The third kappa shape index (κ3) is 4.82. The average Bonchev–Trinajstić information content (AvgIpc) is 2.74. The highest BCUT2D eigenvalue weighted by atomic mass is 35.5. The van der Waals surface area contributed by atoms with Crippen molar-refractivity contribution in [2.75, 3.05) is 5.32 Å². The van der Waals surface area contributed by atoms with Gasteiger partial charge in [0, 0.05) is 29.1 Å². The summed E-state index contributed by atoms with van der Waals surface area (Å²) in [6.07, 6.45) is 4.38. The topological polar surface area (TPSA) is 91.3 Å². The highest BCUT2D eigenvalue weighted by molar-refractivity contribution is 6.33. The standard InChI is InChI=1S/C21H16ClN3O3/c22-18-10-9-16(13-17(18)19-3-1-2-12-23-19)24-21(27)15-7-4-14(5-8-15)6-11-20(26)25-28/h1-13,28H,(H,24,27)(H,25,26). The molecule has 0 spiro atoms. The molecule has 0 bridgehead atoms. The zero-order valence-corrected chi connectivity index (χ0v) is 15.4. The first-order chi connectivity index (χ1) is 13.6. The van der Waals surface area contributed by atoms with Crippen molar-refractivity contribution in [1.82, 2.24) is 10.5 Å². The van der Waals surface area contributed by atoms with E-state index in [0.717, 1.165) is 5.56 Å². The lowest BCUT2D eigenvalue weighted by Crippen LogP contribution is -2.14. The molecule has 1 aromatic heterocycles. The summed E-state index contributed by atoms with van der Waals surface area (Å²) in [5.41, 5.74) is 4.71. The summed E-state index contributed by atoms with van der Waals surface area (Å²) >= 11 is 6.26. The summed E-state index contributed by atoms with van der Waals surface area (Å²) in [7, 11) is 0. The zero-order valence-electron chi connectivity index (χ0n) is 14.6. The molecule has 3 N–H and O–H groups in total. The fourth-order valence-corrected chi connectivity index (χ4v) is 2.69. The van der Waals surface area contributed by atoms with E-state index in [4.69, 9.17) is 16.8 Å². The Hall–Kier alpha value is -3.48. The Morgan fingerprint density at radius 1 is 1.04 bits per heavy atom. The summed E-state index contributed by atoms with van der Waals surface area (Å²) in [5, 5.41) is 11.8. The lowest BCUT2D eigenvalue weighted by atomic mass is 10.1. The predicted molar refractivity (Wildman–Crippen MR) is 108 cm³/mol. The minimum Gasteiger partial charge on any atom is -0.322 e. The Balaban J connectivity index is 1.74. The van der Waals surface area contributed by atoms with Gasteiger partial charge in [-0.05, 0) is 54.1 Å². The number of nitrogens with zero attached hydrogens (tertiary/aromatic N) is 1. The second kappa shape index (κ2) is 8.94.